The molecule has 0 atom stereocenters. The molecule has 5 nitrogen and oxygen atoms in total. The lowest BCUT2D eigenvalue weighted by Gasteiger charge is -2.10. The normalized spacial score (nSPS) is 10.8. The Morgan fingerprint density at radius 2 is 2.06 bits per heavy atom. The van der Waals surface area contributed by atoms with Gasteiger partial charge in [-0.3, -0.25) is 0 Å². The Labute approximate surface area is 113 Å². The quantitative estimate of drug-likeness (QED) is 0.848. The average molecular weight is 341 g/mol. The van der Waals surface area contributed by atoms with Crippen LogP contribution in [0.4, 0.5) is 5.82 Å². The molecule has 0 radical (unpaired) electrons. The Kier molecular flexibility index (Phi) is 3.51. The van der Waals surface area contributed by atoms with Gasteiger partial charge in [0.15, 0.2) is 5.82 Å². The van der Waals surface area contributed by atoms with Crippen molar-refractivity contribution in [3.05, 3.63) is 27.9 Å². The molecule has 88 valence electrons. The molecule has 0 aliphatic heterocycles. The highest BCUT2D eigenvalue weighted by atomic mass is 127. The molecule has 0 saturated carbocycles. The molecule has 0 unspecified atom stereocenters. The topological polar surface area (TPSA) is 77.6 Å². The minimum absolute atomic E-state index is 0.299. The summed E-state index contributed by atoms with van der Waals surface area (Å²) >= 11 is 2.17. The molecular weight excluding hydrogens is 329 g/mol. The van der Waals surface area contributed by atoms with Crippen molar-refractivity contribution in [3.8, 4) is 11.5 Å². The van der Waals surface area contributed by atoms with Gasteiger partial charge in [-0.05, 0) is 34.6 Å². The zero-order chi connectivity index (χ0) is 12.4. The molecule has 2 rings (SSSR count). The Bertz CT molecular complexity index is 527. The van der Waals surface area contributed by atoms with E-state index in [-0.39, 0.29) is 0 Å². The van der Waals surface area contributed by atoms with Crippen molar-refractivity contribution in [1.29, 1.82) is 0 Å². The summed E-state index contributed by atoms with van der Waals surface area (Å²) in [6.45, 7) is 4.15. The minimum Gasteiger partial charge on any atom is -0.383 e. The summed E-state index contributed by atoms with van der Waals surface area (Å²) in [4.78, 5) is 16.8. The first-order valence-electron chi connectivity index (χ1n) is 5.19. The summed E-state index contributed by atoms with van der Waals surface area (Å²) in [6.07, 6.45) is 3.14. The smallest absolute Gasteiger partial charge is 0.180 e. The fourth-order valence-corrected chi connectivity index (χ4v) is 2.27. The van der Waals surface area contributed by atoms with Crippen molar-refractivity contribution >= 4 is 28.4 Å². The Balaban J connectivity index is 2.57. The van der Waals surface area contributed by atoms with Gasteiger partial charge in [-0.2, -0.15) is 0 Å². The zero-order valence-corrected chi connectivity index (χ0v) is 11.7. The van der Waals surface area contributed by atoms with E-state index in [2.05, 4.69) is 56.4 Å². The lowest BCUT2D eigenvalue weighted by Crippen LogP contribution is -2.06. The van der Waals surface area contributed by atoms with Gasteiger partial charge in [0.2, 0.25) is 0 Å². The summed E-state index contributed by atoms with van der Waals surface area (Å²) in [5, 5.41) is 0. The number of nitrogen functional groups attached to an aromatic ring is 1. The number of rotatable bonds is 2. The minimum atomic E-state index is 0.299. The average Bonchev–Trinajstić information content (AvgIpc) is 2.33. The molecule has 2 heterocycles. The largest absolute Gasteiger partial charge is 0.383 e. The van der Waals surface area contributed by atoms with E-state index in [1.165, 1.54) is 6.33 Å². The van der Waals surface area contributed by atoms with Crippen molar-refractivity contribution in [1.82, 2.24) is 19.9 Å². The maximum absolute atomic E-state index is 5.89. The van der Waals surface area contributed by atoms with Crippen LogP contribution < -0.4 is 5.73 Å². The molecule has 2 aromatic rings. The summed E-state index contributed by atoms with van der Waals surface area (Å²) in [5.74, 6) is 1.35. The number of anilines is 1. The van der Waals surface area contributed by atoms with E-state index < -0.39 is 0 Å². The molecule has 6 heteroatoms. The van der Waals surface area contributed by atoms with Gasteiger partial charge in [0.25, 0.3) is 0 Å². The fraction of sp³-hybridized carbons (Fsp3) is 0.273. The summed E-state index contributed by atoms with van der Waals surface area (Å²) in [5.41, 5.74) is 7.53. The molecule has 0 amide bonds. The predicted molar refractivity (Wildman–Crippen MR) is 74.3 cm³/mol. The number of nitrogens with two attached hydrogens (primary N) is 1. The van der Waals surface area contributed by atoms with Crippen LogP contribution in [-0.4, -0.2) is 19.9 Å². The molecule has 2 aromatic heterocycles. The maximum atomic E-state index is 5.89. The second-order valence-electron chi connectivity index (χ2n) is 3.88. The summed E-state index contributed by atoms with van der Waals surface area (Å²) < 4.78 is 0.912. The van der Waals surface area contributed by atoms with Crippen LogP contribution in [0.2, 0.25) is 0 Å². The Morgan fingerprint density at radius 3 is 2.65 bits per heavy atom. The van der Waals surface area contributed by atoms with Crippen molar-refractivity contribution in [2.75, 3.05) is 5.73 Å². The molecule has 17 heavy (non-hydrogen) atoms. The second-order valence-corrected chi connectivity index (χ2v) is 4.96. The molecule has 0 saturated heterocycles. The third-order valence-corrected chi connectivity index (χ3v) is 3.37. The van der Waals surface area contributed by atoms with Crippen molar-refractivity contribution < 1.29 is 0 Å². The zero-order valence-electron chi connectivity index (χ0n) is 9.55. The third-order valence-electron chi connectivity index (χ3n) is 2.26. The Hall–Kier alpha value is -1.31. The van der Waals surface area contributed by atoms with Crippen molar-refractivity contribution in [3.63, 3.8) is 0 Å². The van der Waals surface area contributed by atoms with Crippen LogP contribution in [0.3, 0.4) is 0 Å². The first kappa shape index (κ1) is 12.2. The lowest BCUT2D eigenvalue weighted by atomic mass is 10.1. The SMILES string of the molecule is CC(C)c1nc(-c2ccncn2)nc(N)c1I. The highest BCUT2D eigenvalue weighted by Gasteiger charge is 2.14. The third kappa shape index (κ3) is 2.51. The van der Waals surface area contributed by atoms with Crippen LogP contribution >= 0.6 is 22.6 Å². The number of aromatic nitrogens is 4. The molecule has 0 spiro atoms. The van der Waals surface area contributed by atoms with Crippen LogP contribution in [0.25, 0.3) is 11.5 Å². The van der Waals surface area contributed by atoms with Gasteiger partial charge in [-0.1, -0.05) is 13.8 Å². The van der Waals surface area contributed by atoms with Crippen LogP contribution in [0.5, 0.6) is 0 Å². The van der Waals surface area contributed by atoms with Gasteiger partial charge in [0.1, 0.15) is 17.8 Å². The lowest BCUT2D eigenvalue weighted by molar-refractivity contribution is 0.809. The molecule has 0 fully saturated rings. The number of hydrogen-bond acceptors (Lipinski definition) is 5. The van der Waals surface area contributed by atoms with E-state index in [4.69, 9.17) is 5.73 Å². The van der Waals surface area contributed by atoms with Crippen LogP contribution in [0.1, 0.15) is 25.5 Å². The summed E-state index contributed by atoms with van der Waals surface area (Å²) in [6, 6.07) is 1.77. The summed E-state index contributed by atoms with van der Waals surface area (Å²) in [7, 11) is 0. The highest BCUT2D eigenvalue weighted by molar-refractivity contribution is 14.1. The maximum Gasteiger partial charge on any atom is 0.180 e. The van der Waals surface area contributed by atoms with E-state index in [0.717, 1.165) is 9.26 Å². The van der Waals surface area contributed by atoms with E-state index in [1.807, 2.05) is 0 Å². The molecular formula is C11H12IN5. The van der Waals surface area contributed by atoms with Crippen molar-refractivity contribution in [2.24, 2.45) is 0 Å². The molecule has 0 aliphatic carbocycles. The van der Waals surface area contributed by atoms with Crippen LogP contribution in [-0.2, 0) is 0 Å². The van der Waals surface area contributed by atoms with E-state index in [1.54, 1.807) is 12.3 Å². The first-order chi connectivity index (χ1) is 8.09. The second kappa shape index (κ2) is 4.91. The molecule has 2 N–H and O–H groups in total. The van der Waals surface area contributed by atoms with Crippen LogP contribution in [0.15, 0.2) is 18.6 Å². The molecule has 0 aromatic carbocycles. The van der Waals surface area contributed by atoms with Gasteiger partial charge < -0.3 is 5.73 Å². The van der Waals surface area contributed by atoms with E-state index in [9.17, 15) is 0 Å². The monoisotopic (exact) mass is 341 g/mol. The molecule has 0 aliphatic rings. The first-order valence-corrected chi connectivity index (χ1v) is 6.26. The number of hydrogen-bond donors (Lipinski definition) is 1. The van der Waals surface area contributed by atoms with Gasteiger partial charge in [0.05, 0.1) is 9.26 Å². The van der Waals surface area contributed by atoms with Gasteiger partial charge in [-0.25, -0.2) is 19.9 Å². The molecule has 0 bridgehead atoms. The standard InChI is InChI=1S/C11H12IN5/c1-6(2)9-8(12)10(13)17-11(16-9)7-3-4-14-5-15-7/h3-6H,1-2H3,(H2,13,16,17). The Morgan fingerprint density at radius 1 is 1.29 bits per heavy atom. The number of nitrogens with zero attached hydrogens (tertiary/aromatic N) is 4. The van der Waals surface area contributed by atoms with Gasteiger partial charge in [0, 0.05) is 6.20 Å². The van der Waals surface area contributed by atoms with Gasteiger partial charge >= 0.3 is 0 Å². The number of halogens is 1. The van der Waals surface area contributed by atoms with E-state index in [0.29, 0.717) is 23.3 Å². The van der Waals surface area contributed by atoms with Gasteiger partial charge in [-0.15, -0.1) is 0 Å². The van der Waals surface area contributed by atoms with Crippen LogP contribution in [0, 0.1) is 3.57 Å². The fourth-order valence-electron chi connectivity index (χ4n) is 1.40. The van der Waals surface area contributed by atoms with Crippen molar-refractivity contribution in [2.45, 2.75) is 19.8 Å². The van der Waals surface area contributed by atoms with E-state index >= 15 is 0 Å². The predicted octanol–water partition coefficient (Wildman–Crippen LogP) is 2.24. The highest BCUT2D eigenvalue weighted by Crippen LogP contribution is 2.25.